The van der Waals surface area contributed by atoms with Crippen LogP contribution >= 0.6 is 0 Å². The summed E-state index contributed by atoms with van der Waals surface area (Å²) in [4.78, 5) is 21.6. The van der Waals surface area contributed by atoms with Gasteiger partial charge in [0.2, 0.25) is 22.4 Å². The van der Waals surface area contributed by atoms with Gasteiger partial charge < -0.3 is 5.32 Å². The van der Waals surface area contributed by atoms with Gasteiger partial charge in [0, 0.05) is 17.4 Å². The lowest BCUT2D eigenvalue weighted by molar-refractivity contribution is -0.124. The summed E-state index contributed by atoms with van der Waals surface area (Å²) in [5, 5.41) is 2.80. The molecular formula is C25H29F3N4O3S. The maximum atomic E-state index is 13.6. The van der Waals surface area contributed by atoms with E-state index < -0.39 is 39.6 Å². The van der Waals surface area contributed by atoms with Gasteiger partial charge in [-0.2, -0.15) is 4.31 Å². The number of aromatic nitrogens is 2. The third kappa shape index (κ3) is 4.40. The van der Waals surface area contributed by atoms with Crippen molar-refractivity contribution in [1.29, 1.82) is 0 Å². The number of hydrogen-bond donors (Lipinski definition) is 1. The number of halogens is 3. The van der Waals surface area contributed by atoms with Crippen molar-refractivity contribution in [2.24, 2.45) is 5.41 Å². The third-order valence-corrected chi connectivity index (χ3v) is 10.3. The Kier molecular flexibility index (Phi) is 6.57. The first-order chi connectivity index (χ1) is 17.2. The molecule has 1 atom stereocenters. The first-order valence-corrected chi connectivity index (χ1v) is 13.7. The van der Waals surface area contributed by atoms with Gasteiger partial charge in [-0.25, -0.2) is 31.6 Å². The predicted molar refractivity (Wildman–Crippen MR) is 125 cm³/mol. The summed E-state index contributed by atoms with van der Waals surface area (Å²) in [7, 11) is -3.95. The average Bonchev–Trinajstić information content (AvgIpc) is 3.40. The van der Waals surface area contributed by atoms with Crippen LogP contribution < -0.4 is 5.32 Å². The largest absolute Gasteiger partial charge is 0.349 e. The number of rotatable bonds is 7. The Morgan fingerprint density at radius 3 is 2.39 bits per heavy atom. The van der Waals surface area contributed by atoms with Crippen LogP contribution in [0.15, 0.2) is 41.6 Å². The van der Waals surface area contributed by atoms with E-state index in [2.05, 4.69) is 15.3 Å². The Morgan fingerprint density at radius 2 is 1.75 bits per heavy atom. The number of alkyl halides is 2. The van der Waals surface area contributed by atoms with Gasteiger partial charge in [0.1, 0.15) is 18.2 Å². The van der Waals surface area contributed by atoms with E-state index in [0.717, 1.165) is 17.8 Å². The number of hydrogen-bond acceptors (Lipinski definition) is 5. The number of benzene rings is 1. The molecule has 3 aliphatic carbocycles. The summed E-state index contributed by atoms with van der Waals surface area (Å²) in [5.41, 5.74) is 0.326. The first-order valence-electron chi connectivity index (χ1n) is 12.3. The Hall–Kier alpha value is -2.53. The minimum Gasteiger partial charge on any atom is -0.349 e. The highest BCUT2D eigenvalue weighted by Crippen LogP contribution is 2.59. The third-order valence-electron chi connectivity index (χ3n) is 8.40. The van der Waals surface area contributed by atoms with Crippen LogP contribution in [0.2, 0.25) is 0 Å². The summed E-state index contributed by atoms with van der Waals surface area (Å²) >= 11 is 0. The van der Waals surface area contributed by atoms with Crippen molar-refractivity contribution in [3.8, 4) is 0 Å². The highest BCUT2D eigenvalue weighted by atomic mass is 32.2. The Morgan fingerprint density at radius 1 is 1.08 bits per heavy atom. The molecule has 1 aliphatic heterocycles. The van der Waals surface area contributed by atoms with Gasteiger partial charge in [-0.3, -0.25) is 4.79 Å². The molecule has 0 spiro atoms. The summed E-state index contributed by atoms with van der Waals surface area (Å²) in [5.74, 6) is -0.961. The van der Waals surface area contributed by atoms with Crippen LogP contribution in [-0.2, 0) is 26.8 Å². The number of carbonyl (C=O) groups excluding carboxylic acids is 1. The van der Waals surface area contributed by atoms with E-state index in [4.69, 9.17) is 0 Å². The lowest BCUT2D eigenvalue weighted by atomic mass is 9.53. The van der Waals surface area contributed by atoms with E-state index in [1.807, 2.05) is 6.07 Å². The van der Waals surface area contributed by atoms with Crippen molar-refractivity contribution in [2.75, 3.05) is 6.54 Å². The molecule has 7 nitrogen and oxygen atoms in total. The fourth-order valence-corrected chi connectivity index (χ4v) is 7.69. The molecule has 1 aromatic carbocycles. The fraction of sp³-hybridized carbons (Fsp3) is 0.560. The second kappa shape index (κ2) is 9.41. The molecule has 2 heterocycles. The molecule has 0 radical (unpaired) electrons. The van der Waals surface area contributed by atoms with Crippen LogP contribution in [0.4, 0.5) is 13.2 Å². The van der Waals surface area contributed by atoms with Crippen LogP contribution in [0.5, 0.6) is 0 Å². The van der Waals surface area contributed by atoms with Gasteiger partial charge in [0.15, 0.2) is 0 Å². The molecule has 194 valence electrons. The fourth-order valence-electron chi connectivity index (χ4n) is 6.04. The standard InChI is InChI=1S/C25H29F3N4O3S/c26-17-3-5-19(6-4-17)36(34,35)32-13-1-2-20(32)22(33)29-15-18-14-21(31-16-30-18)24-7-10-25(11-8-24,12-9-24)23(27)28/h3-6,14,16,20,23H,1-2,7-13,15H2,(H,29,33)/t20-,24?,25?/m0/s1. The molecule has 3 saturated carbocycles. The molecule has 0 unspecified atom stereocenters. The molecule has 1 amide bonds. The zero-order valence-electron chi connectivity index (χ0n) is 19.8. The lowest BCUT2D eigenvalue weighted by Gasteiger charge is -2.52. The summed E-state index contributed by atoms with van der Waals surface area (Å²) in [6.07, 6.45) is 3.52. The van der Waals surface area contributed by atoms with Crippen molar-refractivity contribution < 1.29 is 26.4 Å². The number of fused-ring (bicyclic) bond motifs is 3. The van der Waals surface area contributed by atoms with Gasteiger partial charge in [-0.15, -0.1) is 0 Å². The van der Waals surface area contributed by atoms with Gasteiger partial charge in [0.05, 0.1) is 22.8 Å². The number of nitrogens with zero attached hydrogens (tertiary/aromatic N) is 3. The van der Waals surface area contributed by atoms with E-state index in [9.17, 15) is 26.4 Å². The zero-order valence-corrected chi connectivity index (χ0v) is 20.6. The SMILES string of the molecule is O=C(NCc1cc(C23CCC(C(F)F)(CC2)CC3)ncn1)[C@@H]1CCCN1S(=O)(=O)c1ccc(F)cc1. The zero-order chi connectivity index (χ0) is 25.6. The monoisotopic (exact) mass is 522 g/mol. The molecule has 1 aromatic heterocycles. The molecule has 1 N–H and O–H groups in total. The molecule has 1 saturated heterocycles. The molecule has 2 bridgehead atoms. The first kappa shape index (κ1) is 25.1. The lowest BCUT2D eigenvalue weighted by Crippen LogP contribution is -2.48. The van der Waals surface area contributed by atoms with E-state index in [-0.39, 0.29) is 23.4 Å². The van der Waals surface area contributed by atoms with Crippen molar-refractivity contribution >= 4 is 15.9 Å². The molecule has 11 heteroatoms. The van der Waals surface area contributed by atoms with Crippen molar-refractivity contribution in [1.82, 2.24) is 19.6 Å². The minimum absolute atomic E-state index is 0.0564. The minimum atomic E-state index is -3.95. The Labute approximate surface area is 208 Å². The quantitative estimate of drug-likeness (QED) is 0.595. The van der Waals surface area contributed by atoms with E-state index in [1.165, 1.54) is 22.8 Å². The van der Waals surface area contributed by atoms with Crippen LogP contribution in [0.25, 0.3) is 0 Å². The van der Waals surface area contributed by atoms with E-state index in [0.29, 0.717) is 57.1 Å². The smallest absolute Gasteiger partial charge is 0.244 e. The predicted octanol–water partition coefficient (Wildman–Crippen LogP) is 3.94. The van der Waals surface area contributed by atoms with Gasteiger partial charge in [0.25, 0.3) is 0 Å². The van der Waals surface area contributed by atoms with Crippen LogP contribution in [0.1, 0.15) is 62.8 Å². The second-order valence-corrected chi connectivity index (χ2v) is 12.2. The second-order valence-electron chi connectivity index (χ2n) is 10.3. The molecule has 6 rings (SSSR count). The van der Waals surface area contributed by atoms with Crippen molar-refractivity contribution in [3.05, 3.63) is 53.9 Å². The van der Waals surface area contributed by atoms with Gasteiger partial charge in [-0.05, 0) is 81.7 Å². The van der Waals surface area contributed by atoms with Crippen LogP contribution in [0, 0.1) is 11.2 Å². The van der Waals surface area contributed by atoms with Crippen LogP contribution in [0.3, 0.4) is 0 Å². The molecule has 2 aromatic rings. The number of sulfonamides is 1. The highest BCUT2D eigenvalue weighted by molar-refractivity contribution is 7.89. The van der Waals surface area contributed by atoms with E-state index in [1.54, 1.807) is 0 Å². The highest BCUT2D eigenvalue weighted by Gasteiger charge is 2.54. The van der Waals surface area contributed by atoms with Crippen LogP contribution in [-0.4, -0.2) is 47.6 Å². The maximum absolute atomic E-state index is 13.6. The van der Waals surface area contributed by atoms with Crippen molar-refractivity contribution in [3.63, 3.8) is 0 Å². The topological polar surface area (TPSA) is 92.3 Å². The maximum Gasteiger partial charge on any atom is 0.244 e. The van der Waals surface area contributed by atoms with Gasteiger partial charge in [-0.1, -0.05) is 0 Å². The van der Waals surface area contributed by atoms with E-state index >= 15 is 0 Å². The Bertz CT molecular complexity index is 1210. The molecule has 36 heavy (non-hydrogen) atoms. The number of carbonyl (C=O) groups is 1. The van der Waals surface area contributed by atoms with Gasteiger partial charge >= 0.3 is 0 Å². The normalized spacial score (nSPS) is 28.5. The molecular weight excluding hydrogens is 493 g/mol. The molecule has 4 fully saturated rings. The average molecular weight is 523 g/mol. The molecule has 4 aliphatic rings. The summed E-state index contributed by atoms with van der Waals surface area (Å²) in [6, 6.07) is 5.53. The van der Waals surface area contributed by atoms with Crippen molar-refractivity contribution in [2.45, 2.75) is 80.7 Å². The Balaban J connectivity index is 1.25. The summed E-state index contributed by atoms with van der Waals surface area (Å²) in [6.45, 7) is 0.310. The summed E-state index contributed by atoms with van der Waals surface area (Å²) < 4.78 is 67.7. The number of nitrogens with one attached hydrogen (secondary N) is 1. The number of amides is 1.